The van der Waals surface area contributed by atoms with Gasteiger partial charge in [0.25, 0.3) is 0 Å². The van der Waals surface area contributed by atoms with Gasteiger partial charge in [0.1, 0.15) is 5.75 Å². The Labute approximate surface area is 179 Å². The first-order valence-electron chi connectivity index (χ1n) is 9.15. The van der Waals surface area contributed by atoms with Crippen molar-refractivity contribution in [3.63, 3.8) is 0 Å². The molecule has 0 fully saturated rings. The van der Waals surface area contributed by atoms with E-state index in [0.29, 0.717) is 40.0 Å². The molecule has 4 rings (SSSR count). The zero-order chi connectivity index (χ0) is 22.7. The molecule has 0 radical (unpaired) electrons. The van der Waals surface area contributed by atoms with Crippen LogP contribution in [0.1, 0.15) is 16.7 Å². The Balaban J connectivity index is 1.84. The first kappa shape index (κ1) is 20.9. The Hall–Kier alpha value is -4.39. The smallest absolute Gasteiger partial charge is 0.417 e. The minimum atomic E-state index is -4.66. The summed E-state index contributed by atoms with van der Waals surface area (Å²) in [6.45, 7) is 0. The quantitative estimate of drug-likeness (QED) is 0.469. The van der Waals surface area contributed by atoms with E-state index in [9.17, 15) is 18.3 Å². The largest absolute Gasteiger partial charge is 0.508 e. The second-order valence-corrected chi connectivity index (χ2v) is 6.56. The number of ether oxygens (including phenoxy) is 1. The predicted octanol–water partition coefficient (Wildman–Crippen LogP) is 4.06. The molecule has 0 unspecified atom stereocenters. The number of H-pyrrole nitrogens is 1. The minimum Gasteiger partial charge on any atom is -0.508 e. The Morgan fingerprint density at radius 2 is 1.72 bits per heavy atom. The Morgan fingerprint density at radius 3 is 2.38 bits per heavy atom. The lowest BCUT2D eigenvalue weighted by Crippen LogP contribution is -2.07. The molecule has 0 bridgehead atoms. The van der Waals surface area contributed by atoms with Crippen molar-refractivity contribution < 1.29 is 23.0 Å². The van der Waals surface area contributed by atoms with Gasteiger partial charge in [-0.1, -0.05) is 11.8 Å². The number of rotatable bonds is 3. The van der Waals surface area contributed by atoms with Gasteiger partial charge < -0.3 is 9.84 Å². The third-order valence-electron chi connectivity index (χ3n) is 4.52. The van der Waals surface area contributed by atoms with E-state index in [1.807, 2.05) is 0 Å². The second kappa shape index (κ2) is 8.39. The first-order valence-corrected chi connectivity index (χ1v) is 9.15. The highest BCUT2D eigenvalue weighted by atomic mass is 19.4. The monoisotopic (exact) mass is 437 g/mol. The summed E-state index contributed by atoms with van der Waals surface area (Å²) >= 11 is 0. The van der Waals surface area contributed by atoms with Crippen LogP contribution in [-0.2, 0) is 6.18 Å². The Kier molecular flexibility index (Phi) is 5.47. The number of tetrazole rings is 1. The average Bonchev–Trinajstić information content (AvgIpc) is 3.33. The number of phenols is 1. The lowest BCUT2D eigenvalue weighted by molar-refractivity contribution is -0.137. The van der Waals surface area contributed by atoms with Gasteiger partial charge in [-0.2, -0.15) is 18.4 Å². The number of aromatic nitrogens is 5. The summed E-state index contributed by atoms with van der Waals surface area (Å²) in [7, 11) is 1.49. The molecule has 0 saturated carbocycles. The molecule has 160 valence electrons. The van der Waals surface area contributed by atoms with E-state index in [-0.39, 0.29) is 5.56 Å². The Bertz CT molecular complexity index is 1310. The zero-order valence-electron chi connectivity index (χ0n) is 16.5. The van der Waals surface area contributed by atoms with E-state index in [4.69, 9.17) is 4.74 Å². The molecule has 0 saturated heterocycles. The van der Waals surface area contributed by atoms with E-state index in [2.05, 4.69) is 37.4 Å². The van der Waals surface area contributed by atoms with Crippen LogP contribution in [0.5, 0.6) is 11.6 Å². The third-order valence-corrected chi connectivity index (χ3v) is 4.52. The van der Waals surface area contributed by atoms with E-state index >= 15 is 0 Å². The molecule has 0 aliphatic heterocycles. The number of aromatic hydroxyl groups is 1. The summed E-state index contributed by atoms with van der Waals surface area (Å²) in [5.41, 5.74) is 1.11. The number of benzene rings is 2. The van der Waals surface area contributed by atoms with Crippen LogP contribution in [0.4, 0.5) is 13.2 Å². The standard InChI is InChI=1S/C22H14F3N5O2/c1-32-20-9-7-16(12-26-20)18-10-15(21-27-29-30-28-21)5-3-13(18)2-4-14-6-8-17(31)11-19(14)22(23,24)25/h3,5-12,31H,1H3,(H,27,28,29,30). The van der Waals surface area contributed by atoms with Crippen LogP contribution in [0.25, 0.3) is 22.5 Å². The number of nitrogens with zero attached hydrogens (tertiary/aromatic N) is 4. The number of alkyl halides is 3. The summed E-state index contributed by atoms with van der Waals surface area (Å²) < 4.78 is 45.2. The summed E-state index contributed by atoms with van der Waals surface area (Å²) in [4.78, 5) is 4.18. The topological polar surface area (TPSA) is 96.8 Å². The molecule has 2 aromatic carbocycles. The van der Waals surface area contributed by atoms with Crippen LogP contribution in [0, 0.1) is 11.8 Å². The predicted molar refractivity (Wildman–Crippen MR) is 108 cm³/mol. The number of nitrogens with one attached hydrogen (secondary N) is 1. The first-order chi connectivity index (χ1) is 15.3. The summed E-state index contributed by atoms with van der Waals surface area (Å²) in [5, 5.41) is 23.3. The number of halogens is 3. The molecule has 0 amide bonds. The van der Waals surface area contributed by atoms with Gasteiger partial charge in [-0.05, 0) is 53.2 Å². The van der Waals surface area contributed by atoms with Crippen molar-refractivity contribution in [2.24, 2.45) is 0 Å². The van der Waals surface area contributed by atoms with Gasteiger partial charge in [-0.25, -0.2) is 4.98 Å². The number of hydrogen-bond acceptors (Lipinski definition) is 6. The van der Waals surface area contributed by atoms with E-state index in [1.165, 1.54) is 7.11 Å². The number of methoxy groups -OCH3 is 1. The van der Waals surface area contributed by atoms with Crippen LogP contribution >= 0.6 is 0 Å². The molecule has 0 aliphatic carbocycles. The Morgan fingerprint density at radius 1 is 0.969 bits per heavy atom. The van der Waals surface area contributed by atoms with Gasteiger partial charge in [-0.3, -0.25) is 0 Å². The molecule has 4 aromatic rings. The highest BCUT2D eigenvalue weighted by Gasteiger charge is 2.33. The van der Waals surface area contributed by atoms with E-state index in [1.54, 1.807) is 36.5 Å². The van der Waals surface area contributed by atoms with Crippen LogP contribution in [0.15, 0.2) is 54.7 Å². The van der Waals surface area contributed by atoms with Gasteiger partial charge in [0.15, 0.2) is 0 Å². The second-order valence-electron chi connectivity index (χ2n) is 6.56. The molecule has 2 aromatic heterocycles. The van der Waals surface area contributed by atoms with Gasteiger partial charge >= 0.3 is 6.18 Å². The van der Waals surface area contributed by atoms with Crippen LogP contribution in [-0.4, -0.2) is 37.8 Å². The molecular weight excluding hydrogens is 423 g/mol. The van der Waals surface area contributed by atoms with Crippen molar-refractivity contribution >= 4 is 0 Å². The van der Waals surface area contributed by atoms with Crippen molar-refractivity contribution in [1.29, 1.82) is 0 Å². The van der Waals surface area contributed by atoms with E-state index < -0.39 is 17.5 Å². The lowest BCUT2D eigenvalue weighted by atomic mass is 9.97. The van der Waals surface area contributed by atoms with Crippen molar-refractivity contribution in [3.05, 3.63) is 71.4 Å². The maximum Gasteiger partial charge on any atom is 0.417 e. The summed E-state index contributed by atoms with van der Waals surface area (Å²) in [6, 6.07) is 11.5. The fraction of sp³-hybridized carbons (Fsp3) is 0.0909. The van der Waals surface area contributed by atoms with Gasteiger partial charge in [0.2, 0.25) is 11.7 Å². The molecule has 32 heavy (non-hydrogen) atoms. The fourth-order valence-corrected chi connectivity index (χ4v) is 2.99. The molecule has 2 N–H and O–H groups in total. The number of aromatic amines is 1. The van der Waals surface area contributed by atoms with Crippen LogP contribution in [0.3, 0.4) is 0 Å². The molecule has 10 heteroatoms. The molecule has 0 atom stereocenters. The SMILES string of the molecule is COc1ccc(-c2cc(-c3nn[nH]n3)ccc2C#Cc2ccc(O)cc2C(F)(F)F)cn1. The van der Waals surface area contributed by atoms with Gasteiger partial charge in [0, 0.05) is 34.5 Å². The fourth-order valence-electron chi connectivity index (χ4n) is 2.99. The normalized spacial score (nSPS) is 11.0. The average molecular weight is 437 g/mol. The maximum atomic E-state index is 13.4. The van der Waals surface area contributed by atoms with Crippen molar-refractivity contribution in [2.45, 2.75) is 6.18 Å². The van der Waals surface area contributed by atoms with E-state index in [0.717, 1.165) is 12.1 Å². The minimum absolute atomic E-state index is 0.253. The number of phenolic OH excluding ortho intramolecular Hbond substituents is 1. The highest BCUT2D eigenvalue weighted by Crippen LogP contribution is 2.34. The molecule has 7 nitrogen and oxygen atoms in total. The molecule has 0 spiro atoms. The third kappa shape index (κ3) is 4.37. The highest BCUT2D eigenvalue weighted by molar-refractivity contribution is 5.76. The van der Waals surface area contributed by atoms with Gasteiger partial charge in [-0.15, -0.1) is 10.2 Å². The molecule has 0 aliphatic rings. The summed E-state index contributed by atoms with van der Waals surface area (Å²) in [6.07, 6.45) is -3.09. The van der Waals surface area contributed by atoms with Crippen molar-refractivity contribution in [1.82, 2.24) is 25.6 Å². The van der Waals surface area contributed by atoms with Crippen molar-refractivity contribution in [2.75, 3.05) is 7.11 Å². The summed E-state index contributed by atoms with van der Waals surface area (Å²) in [5.74, 6) is 5.66. The number of pyridine rings is 1. The molecule has 2 heterocycles. The lowest BCUT2D eigenvalue weighted by Gasteiger charge is -2.10. The van der Waals surface area contributed by atoms with Crippen LogP contribution in [0.2, 0.25) is 0 Å². The number of hydrogen-bond donors (Lipinski definition) is 2. The van der Waals surface area contributed by atoms with Gasteiger partial charge in [0.05, 0.1) is 12.7 Å². The maximum absolute atomic E-state index is 13.4. The molecular formula is C22H14F3N5O2. The van der Waals surface area contributed by atoms with Crippen molar-refractivity contribution in [3.8, 4) is 46.0 Å². The van der Waals surface area contributed by atoms with Crippen LogP contribution < -0.4 is 4.74 Å². The zero-order valence-corrected chi connectivity index (χ0v) is 16.5.